The first-order valence-corrected chi connectivity index (χ1v) is 4.96. The monoisotopic (exact) mass is 189 g/mol. The maximum absolute atomic E-state index is 3.84. The first-order chi connectivity index (χ1) is 6.54. The minimum absolute atomic E-state index is 0.513. The molecule has 1 aliphatic rings. The van der Waals surface area contributed by atoms with Crippen molar-refractivity contribution >= 4 is 0 Å². The van der Waals surface area contributed by atoms with Gasteiger partial charge < -0.3 is 5.32 Å². The summed E-state index contributed by atoms with van der Waals surface area (Å²) in [6.07, 6.45) is 6.52. The molecule has 14 heavy (non-hydrogen) atoms. The standard InChI is InChI=1S/C13H19N/c1-6-13-10(4)7-12(13)8-11(5)14-9(2)3/h6-8,12-14H,1-2H2,3-5H3/b11-8+/t12-,13+/m0/s1. The maximum Gasteiger partial charge on any atom is 0.00825 e. The summed E-state index contributed by atoms with van der Waals surface area (Å²) in [7, 11) is 0. The van der Waals surface area contributed by atoms with E-state index in [9.17, 15) is 0 Å². The molecule has 0 aromatic rings. The van der Waals surface area contributed by atoms with Crippen LogP contribution in [0.5, 0.6) is 0 Å². The van der Waals surface area contributed by atoms with E-state index in [2.05, 4.69) is 44.5 Å². The van der Waals surface area contributed by atoms with Gasteiger partial charge in [-0.1, -0.05) is 30.4 Å². The fourth-order valence-electron chi connectivity index (χ4n) is 1.87. The lowest BCUT2D eigenvalue weighted by Crippen LogP contribution is -2.21. The first-order valence-electron chi connectivity index (χ1n) is 4.96. The molecule has 76 valence electrons. The molecule has 1 heteroatoms. The van der Waals surface area contributed by atoms with Crippen LogP contribution in [-0.4, -0.2) is 0 Å². The highest BCUT2D eigenvalue weighted by molar-refractivity contribution is 5.30. The van der Waals surface area contributed by atoms with Crippen LogP contribution >= 0.6 is 0 Å². The minimum Gasteiger partial charge on any atom is -0.364 e. The van der Waals surface area contributed by atoms with Gasteiger partial charge in [-0.3, -0.25) is 0 Å². The van der Waals surface area contributed by atoms with Crippen molar-refractivity contribution in [3.8, 4) is 0 Å². The molecule has 1 N–H and O–H groups in total. The summed E-state index contributed by atoms with van der Waals surface area (Å²) < 4.78 is 0. The van der Waals surface area contributed by atoms with Gasteiger partial charge in [0.25, 0.3) is 0 Å². The Kier molecular flexibility index (Phi) is 3.34. The van der Waals surface area contributed by atoms with Crippen LogP contribution in [0.4, 0.5) is 0 Å². The van der Waals surface area contributed by atoms with Gasteiger partial charge in [-0.2, -0.15) is 0 Å². The lowest BCUT2D eigenvalue weighted by molar-refractivity contribution is 0.558. The van der Waals surface area contributed by atoms with E-state index in [1.807, 2.05) is 13.0 Å². The molecule has 0 fully saturated rings. The summed E-state index contributed by atoms with van der Waals surface area (Å²) in [5.74, 6) is 1.04. The summed E-state index contributed by atoms with van der Waals surface area (Å²) >= 11 is 0. The van der Waals surface area contributed by atoms with Gasteiger partial charge in [0.15, 0.2) is 0 Å². The highest BCUT2D eigenvalue weighted by Crippen LogP contribution is 2.35. The van der Waals surface area contributed by atoms with Crippen LogP contribution in [0.3, 0.4) is 0 Å². The minimum atomic E-state index is 0.513. The fraction of sp³-hybridized carbons (Fsp3) is 0.385. The van der Waals surface area contributed by atoms with Crippen LogP contribution in [-0.2, 0) is 0 Å². The Balaban J connectivity index is 2.61. The highest BCUT2D eigenvalue weighted by atomic mass is 14.9. The molecule has 0 heterocycles. The molecule has 1 nitrogen and oxygen atoms in total. The Morgan fingerprint density at radius 2 is 2.14 bits per heavy atom. The maximum atomic E-state index is 3.84. The molecule has 2 atom stereocenters. The molecule has 1 rings (SSSR count). The summed E-state index contributed by atoms with van der Waals surface area (Å²) in [4.78, 5) is 0. The van der Waals surface area contributed by atoms with Gasteiger partial charge in [-0.25, -0.2) is 0 Å². The zero-order valence-electron chi connectivity index (χ0n) is 9.30. The molecule has 0 aliphatic heterocycles. The smallest absolute Gasteiger partial charge is 0.00825 e. The quantitative estimate of drug-likeness (QED) is 0.668. The molecular formula is C13H19N. The van der Waals surface area contributed by atoms with Crippen LogP contribution in [0, 0.1) is 11.8 Å². The second kappa shape index (κ2) is 4.32. The summed E-state index contributed by atoms with van der Waals surface area (Å²) in [5, 5.41) is 3.20. The molecular weight excluding hydrogens is 170 g/mol. The number of hydrogen-bond donors (Lipinski definition) is 1. The number of rotatable bonds is 4. The van der Waals surface area contributed by atoms with Crippen LogP contribution in [0.1, 0.15) is 20.8 Å². The lowest BCUT2D eigenvalue weighted by Gasteiger charge is -2.30. The number of allylic oxidation sites excluding steroid dienone is 6. The van der Waals surface area contributed by atoms with Crippen molar-refractivity contribution < 1.29 is 0 Å². The number of hydrogen-bond acceptors (Lipinski definition) is 1. The second-order valence-electron chi connectivity index (χ2n) is 4.00. The Labute approximate surface area is 86.9 Å². The van der Waals surface area contributed by atoms with Gasteiger partial charge in [0, 0.05) is 23.2 Å². The largest absolute Gasteiger partial charge is 0.364 e. The highest BCUT2D eigenvalue weighted by Gasteiger charge is 2.24. The van der Waals surface area contributed by atoms with Crippen molar-refractivity contribution in [2.45, 2.75) is 20.8 Å². The van der Waals surface area contributed by atoms with Crippen LogP contribution in [0.2, 0.25) is 0 Å². The molecule has 1 aliphatic carbocycles. The molecule has 0 aromatic carbocycles. The van der Waals surface area contributed by atoms with Gasteiger partial charge in [0.05, 0.1) is 0 Å². The summed E-state index contributed by atoms with van der Waals surface area (Å²) in [6.45, 7) is 13.8. The molecule has 0 saturated heterocycles. The summed E-state index contributed by atoms with van der Waals surface area (Å²) in [6, 6.07) is 0. The SMILES string of the molecule is C=C[C@@H]1C(C)=C[C@H]1/C=C(\C)NC(=C)C. The third-order valence-corrected chi connectivity index (χ3v) is 2.50. The van der Waals surface area contributed by atoms with Crippen LogP contribution < -0.4 is 5.32 Å². The Morgan fingerprint density at radius 1 is 1.50 bits per heavy atom. The molecule has 0 radical (unpaired) electrons. The predicted molar refractivity (Wildman–Crippen MR) is 62.6 cm³/mol. The molecule has 0 aromatic heterocycles. The van der Waals surface area contributed by atoms with E-state index in [0.29, 0.717) is 11.8 Å². The lowest BCUT2D eigenvalue weighted by atomic mass is 9.75. The van der Waals surface area contributed by atoms with E-state index in [4.69, 9.17) is 0 Å². The zero-order valence-corrected chi connectivity index (χ0v) is 9.30. The topological polar surface area (TPSA) is 12.0 Å². The fourth-order valence-corrected chi connectivity index (χ4v) is 1.87. The first kappa shape index (κ1) is 10.8. The molecule has 0 bridgehead atoms. The molecule has 0 unspecified atom stereocenters. The van der Waals surface area contributed by atoms with Crippen LogP contribution in [0.25, 0.3) is 0 Å². The zero-order chi connectivity index (χ0) is 10.7. The van der Waals surface area contributed by atoms with E-state index in [-0.39, 0.29) is 0 Å². The third kappa shape index (κ3) is 2.38. The Morgan fingerprint density at radius 3 is 2.57 bits per heavy atom. The normalized spacial score (nSPS) is 26.2. The van der Waals surface area contributed by atoms with Crippen molar-refractivity contribution in [3.05, 3.63) is 48.4 Å². The van der Waals surface area contributed by atoms with Gasteiger partial charge >= 0.3 is 0 Å². The van der Waals surface area contributed by atoms with Crippen molar-refractivity contribution in [3.63, 3.8) is 0 Å². The van der Waals surface area contributed by atoms with Gasteiger partial charge in [0.2, 0.25) is 0 Å². The Hall–Kier alpha value is -1.24. The third-order valence-electron chi connectivity index (χ3n) is 2.50. The van der Waals surface area contributed by atoms with Gasteiger partial charge in [0.1, 0.15) is 0 Å². The van der Waals surface area contributed by atoms with Gasteiger partial charge in [-0.05, 0) is 20.8 Å². The average Bonchev–Trinajstić information content (AvgIpc) is 2.02. The molecule has 0 saturated carbocycles. The molecule has 0 amide bonds. The van der Waals surface area contributed by atoms with Gasteiger partial charge in [-0.15, -0.1) is 6.58 Å². The van der Waals surface area contributed by atoms with Crippen molar-refractivity contribution in [1.29, 1.82) is 0 Å². The molecule has 0 spiro atoms. The Bertz CT molecular complexity index is 307. The van der Waals surface area contributed by atoms with E-state index < -0.39 is 0 Å². The van der Waals surface area contributed by atoms with Crippen molar-refractivity contribution in [2.24, 2.45) is 11.8 Å². The average molecular weight is 189 g/mol. The van der Waals surface area contributed by atoms with Crippen molar-refractivity contribution in [2.75, 3.05) is 0 Å². The van der Waals surface area contributed by atoms with E-state index in [1.165, 1.54) is 5.57 Å². The van der Waals surface area contributed by atoms with Crippen molar-refractivity contribution in [1.82, 2.24) is 5.32 Å². The van der Waals surface area contributed by atoms with E-state index in [0.717, 1.165) is 11.4 Å². The van der Waals surface area contributed by atoms with Crippen LogP contribution in [0.15, 0.2) is 48.4 Å². The summed E-state index contributed by atoms with van der Waals surface area (Å²) in [5.41, 5.74) is 3.57. The van der Waals surface area contributed by atoms with E-state index >= 15 is 0 Å². The van der Waals surface area contributed by atoms with E-state index in [1.54, 1.807) is 0 Å². The predicted octanol–water partition coefficient (Wildman–Crippen LogP) is 3.39. The number of nitrogens with one attached hydrogen (secondary N) is 1. The second-order valence-corrected chi connectivity index (χ2v) is 4.00.